The first-order chi connectivity index (χ1) is 9.97. The number of benzene rings is 1. The van der Waals surface area contributed by atoms with Crippen LogP contribution in [0.4, 0.5) is 22.0 Å². The minimum absolute atomic E-state index is 0.0425. The molecule has 0 amide bonds. The number of nitrogens with one attached hydrogen (secondary N) is 1. The monoisotopic (exact) mass is 305 g/mol. The lowest BCUT2D eigenvalue weighted by molar-refractivity contribution is 0.351. The highest BCUT2D eigenvalue weighted by molar-refractivity contribution is 5.28. The highest BCUT2D eigenvalue weighted by Crippen LogP contribution is 2.29. The highest BCUT2D eigenvalue weighted by Gasteiger charge is 2.30. The van der Waals surface area contributed by atoms with Gasteiger partial charge in [0.2, 0.25) is 5.82 Å². The van der Waals surface area contributed by atoms with Crippen LogP contribution in [0.25, 0.3) is 0 Å². The van der Waals surface area contributed by atoms with Crippen LogP contribution in [-0.2, 0) is 6.42 Å². The first kappa shape index (κ1) is 15.5. The summed E-state index contributed by atoms with van der Waals surface area (Å²) in [6.07, 6.45) is 1.32. The normalized spacial score (nSPS) is 12.7. The number of rotatable bonds is 5. The lowest BCUT2D eigenvalue weighted by atomic mass is 10.00. The number of likely N-dealkylation sites (N-methyl/N-ethyl adjacent to an activating group) is 1. The fourth-order valence-electron chi connectivity index (χ4n) is 2.08. The molecule has 2 rings (SSSR count). The van der Waals surface area contributed by atoms with Crippen LogP contribution in [0, 0.1) is 29.1 Å². The molecule has 7 heteroatoms. The van der Waals surface area contributed by atoms with Gasteiger partial charge in [-0.1, -0.05) is 6.92 Å². The molecule has 0 saturated carbocycles. The Morgan fingerprint density at radius 1 is 1.00 bits per heavy atom. The van der Waals surface area contributed by atoms with Crippen LogP contribution in [-0.4, -0.2) is 6.54 Å². The smallest absolute Gasteiger partial charge is 0.200 e. The van der Waals surface area contributed by atoms with Crippen molar-refractivity contribution in [3.63, 3.8) is 0 Å². The van der Waals surface area contributed by atoms with Crippen molar-refractivity contribution in [2.24, 2.45) is 0 Å². The summed E-state index contributed by atoms with van der Waals surface area (Å²) in [6.45, 7) is 1.94. The predicted molar refractivity (Wildman–Crippen MR) is 65.1 cm³/mol. The van der Waals surface area contributed by atoms with Gasteiger partial charge in [-0.2, -0.15) is 0 Å². The summed E-state index contributed by atoms with van der Waals surface area (Å²) in [4.78, 5) is 0. The molecule has 0 aliphatic rings. The fraction of sp³-hybridized carbons (Fsp3) is 0.286. The van der Waals surface area contributed by atoms with Gasteiger partial charge >= 0.3 is 0 Å². The van der Waals surface area contributed by atoms with Crippen LogP contribution in [0.15, 0.2) is 22.8 Å². The molecule has 1 atom stereocenters. The van der Waals surface area contributed by atoms with Crippen LogP contribution in [0.1, 0.15) is 24.3 Å². The van der Waals surface area contributed by atoms with Crippen molar-refractivity contribution < 1.29 is 26.4 Å². The Morgan fingerprint density at radius 2 is 1.57 bits per heavy atom. The summed E-state index contributed by atoms with van der Waals surface area (Å²) in [6, 6.07) is 2.03. The molecule has 114 valence electrons. The minimum Gasteiger partial charge on any atom is -0.469 e. The van der Waals surface area contributed by atoms with Crippen molar-refractivity contribution >= 4 is 0 Å². The molecular weight excluding hydrogens is 293 g/mol. The van der Waals surface area contributed by atoms with Crippen LogP contribution in [0.2, 0.25) is 0 Å². The van der Waals surface area contributed by atoms with Crippen molar-refractivity contribution in [2.45, 2.75) is 19.4 Å². The molecule has 0 fully saturated rings. The summed E-state index contributed by atoms with van der Waals surface area (Å²) in [5.41, 5.74) is -0.885. The van der Waals surface area contributed by atoms with E-state index in [-0.39, 0.29) is 13.0 Å². The summed E-state index contributed by atoms with van der Waals surface area (Å²) in [5, 5.41) is 2.70. The Bertz CT molecular complexity index is 598. The molecule has 0 aliphatic carbocycles. The lowest BCUT2D eigenvalue weighted by Gasteiger charge is -2.19. The van der Waals surface area contributed by atoms with Gasteiger partial charge in [-0.3, -0.25) is 0 Å². The van der Waals surface area contributed by atoms with E-state index in [9.17, 15) is 22.0 Å². The second-order valence-corrected chi connectivity index (χ2v) is 4.38. The van der Waals surface area contributed by atoms with Crippen molar-refractivity contribution in [1.82, 2.24) is 5.32 Å². The SMILES string of the molecule is CCNC(Cc1ccco1)c1c(F)c(F)c(F)c(F)c1F. The van der Waals surface area contributed by atoms with Gasteiger partial charge in [-0.25, -0.2) is 22.0 Å². The quantitative estimate of drug-likeness (QED) is 0.515. The van der Waals surface area contributed by atoms with E-state index in [0.717, 1.165) is 0 Å². The first-order valence-electron chi connectivity index (χ1n) is 6.24. The molecule has 2 aromatic rings. The maximum absolute atomic E-state index is 13.8. The van der Waals surface area contributed by atoms with E-state index < -0.39 is 40.7 Å². The van der Waals surface area contributed by atoms with E-state index in [0.29, 0.717) is 5.76 Å². The van der Waals surface area contributed by atoms with Crippen LogP contribution >= 0.6 is 0 Å². The second-order valence-electron chi connectivity index (χ2n) is 4.38. The third kappa shape index (κ3) is 2.92. The van der Waals surface area contributed by atoms with Crippen molar-refractivity contribution in [1.29, 1.82) is 0 Å². The van der Waals surface area contributed by atoms with Gasteiger partial charge < -0.3 is 9.73 Å². The first-order valence-corrected chi connectivity index (χ1v) is 6.24. The zero-order chi connectivity index (χ0) is 15.6. The molecule has 1 heterocycles. The zero-order valence-electron chi connectivity index (χ0n) is 11.0. The molecule has 2 nitrogen and oxygen atoms in total. The second kappa shape index (κ2) is 6.26. The van der Waals surface area contributed by atoms with E-state index >= 15 is 0 Å². The number of furan rings is 1. The Morgan fingerprint density at radius 3 is 2.05 bits per heavy atom. The number of hydrogen-bond donors (Lipinski definition) is 1. The maximum Gasteiger partial charge on any atom is 0.200 e. The zero-order valence-corrected chi connectivity index (χ0v) is 11.0. The Labute approximate surface area is 117 Å². The van der Waals surface area contributed by atoms with E-state index in [1.807, 2.05) is 0 Å². The molecule has 1 N–H and O–H groups in total. The van der Waals surface area contributed by atoms with E-state index in [2.05, 4.69) is 5.32 Å². The molecule has 21 heavy (non-hydrogen) atoms. The maximum atomic E-state index is 13.8. The van der Waals surface area contributed by atoms with Gasteiger partial charge in [0.25, 0.3) is 0 Å². The van der Waals surface area contributed by atoms with Gasteiger partial charge in [-0.05, 0) is 18.7 Å². The average Bonchev–Trinajstić information content (AvgIpc) is 2.96. The topological polar surface area (TPSA) is 25.2 Å². The number of hydrogen-bond acceptors (Lipinski definition) is 2. The summed E-state index contributed by atoms with van der Waals surface area (Å²) in [5.74, 6) is -9.36. The molecule has 0 spiro atoms. The summed E-state index contributed by atoms with van der Waals surface area (Å²) in [7, 11) is 0. The lowest BCUT2D eigenvalue weighted by Crippen LogP contribution is -2.26. The largest absolute Gasteiger partial charge is 0.469 e. The summed E-state index contributed by atoms with van der Waals surface area (Å²) < 4.78 is 72.3. The minimum atomic E-state index is -2.16. The standard InChI is InChI=1S/C14H12F5NO/c1-2-20-8(6-7-4-3-5-21-7)9-10(15)12(17)14(19)13(18)11(9)16/h3-5,8,20H,2,6H2,1H3. The number of halogens is 5. The van der Waals surface area contributed by atoms with E-state index in [1.165, 1.54) is 6.26 Å². The van der Waals surface area contributed by atoms with Gasteiger partial charge in [-0.15, -0.1) is 0 Å². The molecule has 0 radical (unpaired) electrons. The molecule has 0 aliphatic heterocycles. The van der Waals surface area contributed by atoms with Crippen LogP contribution in [0.3, 0.4) is 0 Å². The van der Waals surface area contributed by atoms with Gasteiger partial charge in [0.1, 0.15) is 5.76 Å². The third-order valence-electron chi connectivity index (χ3n) is 3.03. The van der Waals surface area contributed by atoms with Gasteiger partial charge in [0, 0.05) is 18.0 Å². The predicted octanol–water partition coefficient (Wildman–Crippen LogP) is 3.87. The Kier molecular flexibility index (Phi) is 4.62. The Hall–Kier alpha value is -1.89. The van der Waals surface area contributed by atoms with E-state index in [4.69, 9.17) is 4.42 Å². The van der Waals surface area contributed by atoms with Crippen molar-refractivity contribution in [3.05, 3.63) is 58.8 Å². The Balaban J connectivity index is 2.49. The highest BCUT2D eigenvalue weighted by atomic mass is 19.2. The molecule has 1 aromatic carbocycles. The fourth-order valence-corrected chi connectivity index (χ4v) is 2.08. The molecular formula is C14H12F5NO. The van der Waals surface area contributed by atoms with E-state index in [1.54, 1.807) is 19.1 Å². The van der Waals surface area contributed by atoms with Gasteiger partial charge in [0.05, 0.1) is 6.26 Å². The van der Waals surface area contributed by atoms with Crippen LogP contribution < -0.4 is 5.32 Å². The van der Waals surface area contributed by atoms with Crippen molar-refractivity contribution in [3.8, 4) is 0 Å². The molecule has 1 unspecified atom stereocenters. The van der Waals surface area contributed by atoms with Crippen LogP contribution in [0.5, 0.6) is 0 Å². The van der Waals surface area contributed by atoms with Crippen molar-refractivity contribution in [2.75, 3.05) is 6.54 Å². The molecule has 1 aromatic heterocycles. The average molecular weight is 305 g/mol. The van der Waals surface area contributed by atoms with Gasteiger partial charge in [0.15, 0.2) is 23.3 Å². The summed E-state index contributed by atoms with van der Waals surface area (Å²) >= 11 is 0. The molecule has 0 saturated heterocycles. The molecule has 0 bridgehead atoms. The third-order valence-corrected chi connectivity index (χ3v) is 3.03.